The molecule has 0 spiro atoms. The quantitative estimate of drug-likeness (QED) is 0.165. The summed E-state index contributed by atoms with van der Waals surface area (Å²) in [4.78, 5) is 47.7. The van der Waals surface area contributed by atoms with Gasteiger partial charge in [-0.25, -0.2) is 14.0 Å². The molecule has 3 aromatic rings. The number of hydrogen-bond acceptors (Lipinski definition) is 8. The number of benzene rings is 3. The molecule has 0 radical (unpaired) electrons. The van der Waals surface area contributed by atoms with Gasteiger partial charge < -0.3 is 18.9 Å². The van der Waals surface area contributed by atoms with Crippen LogP contribution in [-0.4, -0.2) is 23.9 Å². The molecule has 0 bridgehead atoms. The summed E-state index contributed by atoms with van der Waals surface area (Å²) in [6.07, 6.45) is 1.95. The van der Waals surface area contributed by atoms with Crippen LogP contribution in [0.2, 0.25) is 0 Å². The second kappa shape index (κ2) is 13.3. The van der Waals surface area contributed by atoms with Crippen LogP contribution in [-0.2, 0) is 25.6 Å². The Kier molecular flexibility index (Phi) is 9.92. The molecule has 212 valence electrons. The van der Waals surface area contributed by atoms with Crippen molar-refractivity contribution in [3.8, 4) is 34.1 Å². The molecular formula is C32H29FO8. The van der Waals surface area contributed by atoms with E-state index in [1.165, 1.54) is 24.3 Å². The van der Waals surface area contributed by atoms with Crippen LogP contribution < -0.4 is 18.9 Å². The maximum atomic E-state index is 14.8. The normalized spacial score (nSPS) is 10.7. The molecule has 0 aliphatic heterocycles. The highest BCUT2D eigenvalue weighted by molar-refractivity contribution is 5.86. The number of rotatable bonds is 10. The molecule has 3 rings (SSSR count). The number of hydrogen-bond donors (Lipinski definition) is 0. The Labute approximate surface area is 237 Å². The minimum Gasteiger partial charge on any atom is -0.426 e. The zero-order valence-electron chi connectivity index (χ0n) is 22.9. The van der Waals surface area contributed by atoms with Gasteiger partial charge in [0, 0.05) is 18.6 Å². The second-order valence-electron chi connectivity index (χ2n) is 9.81. The molecule has 8 nitrogen and oxygen atoms in total. The van der Waals surface area contributed by atoms with Crippen molar-refractivity contribution in [3.05, 3.63) is 97.4 Å². The Balaban J connectivity index is 1.63. The molecule has 0 unspecified atom stereocenters. The fraction of sp³-hybridized carbons (Fsp3) is 0.188. The average Bonchev–Trinajstić information content (AvgIpc) is 2.93. The Morgan fingerprint density at radius 2 is 1.32 bits per heavy atom. The minimum atomic E-state index is -0.767. The van der Waals surface area contributed by atoms with E-state index in [0.717, 1.165) is 12.2 Å². The zero-order chi connectivity index (χ0) is 30.2. The van der Waals surface area contributed by atoms with Crippen molar-refractivity contribution in [2.45, 2.75) is 33.6 Å². The predicted molar refractivity (Wildman–Crippen MR) is 149 cm³/mol. The molecule has 9 heteroatoms. The first-order valence-corrected chi connectivity index (χ1v) is 12.5. The van der Waals surface area contributed by atoms with E-state index in [2.05, 4.69) is 13.2 Å². The highest BCUT2D eigenvalue weighted by atomic mass is 19.1. The topological polar surface area (TPSA) is 105 Å². The fourth-order valence-corrected chi connectivity index (χ4v) is 3.33. The summed E-state index contributed by atoms with van der Waals surface area (Å²) in [5, 5.41) is 0. The molecule has 3 aromatic carbocycles. The summed E-state index contributed by atoms with van der Waals surface area (Å²) in [5.74, 6) is -3.22. The Morgan fingerprint density at radius 1 is 0.732 bits per heavy atom. The highest BCUT2D eigenvalue weighted by Gasteiger charge is 2.23. The molecule has 0 aromatic heterocycles. The van der Waals surface area contributed by atoms with Gasteiger partial charge in [-0.3, -0.25) is 9.59 Å². The van der Waals surface area contributed by atoms with Crippen LogP contribution in [0.3, 0.4) is 0 Å². The average molecular weight is 561 g/mol. The SMILES string of the molecule is C=CC(=O)Oc1ccc(CCC(=O)Oc2ccc(-c3ccc(OC(=O)C(C)(C)C)cc3)cc2F)cc1OC(=O)C=C. The van der Waals surface area contributed by atoms with Gasteiger partial charge in [0.1, 0.15) is 5.75 Å². The van der Waals surface area contributed by atoms with E-state index in [-0.39, 0.29) is 36.1 Å². The number of halogens is 1. The van der Waals surface area contributed by atoms with Crippen molar-refractivity contribution < 1.29 is 42.5 Å². The molecule has 0 amide bonds. The smallest absolute Gasteiger partial charge is 0.335 e. The maximum absolute atomic E-state index is 14.8. The summed E-state index contributed by atoms with van der Waals surface area (Å²) < 4.78 is 35.5. The Hall–Kier alpha value is -5.05. The lowest BCUT2D eigenvalue weighted by Gasteiger charge is -2.16. The lowest BCUT2D eigenvalue weighted by molar-refractivity contribution is -0.143. The van der Waals surface area contributed by atoms with Gasteiger partial charge in [-0.15, -0.1) is 0 Å². The van der Waals surface area contributed by atoms with E-state index in [1.807, 2.05) is 0 Å². The van der Waals surface area contributed by atoms with Crippen LogP contribution in [0, 0.1) is 11.2 Å². The second-order valence-corrected chi connectivity index (χ2v) is 9.81. The van der Waals surface area contributed by atoms with E-state index in [1.54, 1.807) is 57.2 Å². The first-order chi connectivity index (χ1) is 19.4. The predicted octanol–water partition coefficient (Wildman–Crippen LogP) is 6.17. The first kappa shape index (κ1) is 30.5. The molecule has 0 atom stereocenters. The molecule has 0 heterocycles. The summed E-state index contributed by atoms with van der Waals surface area (Å²) >= 11 is 0. The lowest BCUT2D eigenvalue weighted by Crippen LogP contribution is -2.25. The number of carbonyl (C=O) groups is 4. The number of esters is 4. The fourth-order valence-electron chi connectivity index (χ4n) is 3.33. The van der Waals surface area contributed by atoms with Gasteiger partial charge >= 0.3 is 23.9 Å². The van der Waals surface area contributed by atoms with Gasteiger partial charge in [0.25, 0.3) is 0 Å². The van der Waals surface area contributed by atoms with Crippen LogP contribution in [0.4, 0.5) is 4.39 Å². The summed E-state index contributed by atoms with van der Waals surface area (Å²) in [7, 11) is 0. The molecule has 0 aliphatic rings. The minimum absolute atomic E-state index is 0.0147. The van der Waals surface area contributed by atoms with Crippen molar-refractivity contribution in [2.24, 2.45) is 5.41 Å². The summed E-state index contributed by atoms with van der Waals surface area (Å²) in [5.41, 5.74) is 1.13. The summed E-state index contributed by atoms with van der Waals surface area (Å²) in [6, 6.07) is 15.2. The van der Waals surface area contributed by atoms with Crippen LogP contribution in [0.5, 0.6) is 23.0 Å². The molecule has 0 aliphatic carbocycles. The van der Waals surface area contributed by atoms with Gasteiger partial charge in [0.15, 0.2) is 23.1 Å². The van der Waals surface area contributed by atoms with Crippen molar-refractivity contribution in [1.82, 2.24) is 0 Å². The monoisotopic (exact) mass is 560 g/mol. The van der Waals surface area contributed by atoms with E-state index >= 15 is 0 Å². The molecule has 0 saturated heterocycles. The largest absolute Gasteiger partial charge is 0.426 e. The van der Waals surface area contributed by atoms with Crippen molar-refractivity contribution in [1.29, 1.82) is 0 Å². The third-order valence-corrected chi connectivity index (χ3v) is 5.55. The van der Waals surface area contributed by atoms with Gasteiger partial charge in [-0.2, -0.15) is 0 Å². The Bertz CT molecular complexity index is 1480. The molecular weight excluding hydrogens is 531 g/mol. The van der Waals surface area contributed by atoms with Crippen LogP contribution in [0.15, 0.2) is 86.0 Å². The molecule has 41 heavy (non-hydrogen) atoms. The maximum Gasteiger partial charge on any atom is 0.335 e. The highest BCUT2D eigenvalue weighted by Crippen LogP contribution is 2.31. The van der Waals surface area contributed by atoms with Gasteiger partial charge in [-0.05, 0) is 80.3 Å². The van der Waals surface area contributed by atoms with Crippen molar-refractivity contribution in [3.63, 3.8) is 0 Å². The van der Waals surface area contributed by atoms with Crippen molar-refractivity contribution in [2.75, 3.05) is 0 Å². The third kappa shape index (κ3) is 8.72. The molecule has 0 saturated carbocycles. The number of carbonyl (C=O) groups excluding carboxylic acids is 4. The lowest BCUT2D eigenvalue weighted by atomic mass is 9.97. The van der Waals surface area contributed by atoms with E-state index in [4.69, 9.17) is 18.9 Å². The third-order valence-electron chi connectivity index (χ3n) is 5.55. The standard InChI is InChI=1S/C32H29FO8/c1-6-28(34)40-26-15-8-20(18-27(26)41-29(35)7-2)9-17-30(36)39-25-16-12-22(19-24(25)33)21-10-13-23(14-11-21)38-31(37)32(3,4)5/h6-8,10-16,18-19H,1-2,9,17H2,3-5H3. The van der Waals surface area contributed by atoms with Crippen LogP contribution >= 0.6 is 0 Å². The number of aryl methyl sites for hydroxylation is 1. The molecule has 0 fully saturated rings. The molecule has 0 N–H and O–H groups in total. The number of ether oxygens (including phenoxy) is 4. The van der Waals surface area contributed by atoms with Gasteiger partial charge in [0.2, 0.25) is 0 Å². The van der Waals surface area contributed by atoms with Gasteiger partial charge in [0.05, 0.1) is 5.41 Å². The van der Waals surface area contributed by atoms with E-state index in [9.17, 15) is 23.6 Å². The van der Waals surface area contributed by atoms with E-state index < -0.39 is 29.1 Å². The van der Waals surface area contributed by atoms with E-state index in [0.29, 0.717) is 22.4 Å². The summed E-state index contributed by atoms with van der Waals surface area (Å²) in [6.45, 7) is 11.9. The Morgan fingerprint density at radius 3 is 1.90 bits per heavy atom. The zero-order valence-corrected chi connectivity index (χ0v) is 22.9. The van der Waals surface area contributed by atoms with Gasteiger partial charge in [-0.1, -0.05) is 37.4 Å². The van der Waals surface area contributed by atoms with Crippen LogP contribution in [0.1, 0.15) is 32.8 Å². The van der Waals surface area contributed by atoms with Crippen LogP contribution in [0.25, 0.3) is 11.1 Å². The van der Waals surface area contributed by atoms with Crippen molar-refractivity contribution >= 4 is 23.9 Å². The first-order valence-electron chi connectivity index (χ1n) is 12.5.